The lowest BCUT2D eigenvalue weighted by Gasteiger charge is -2.06. The van der Waals surface area contributed by atoms with Gasteiger partial charge in [-0.05, 0) is 24.6 Å². The van der Waals surface area contributed by atoms with Gasteiger partial charge in [-0.3, -0.25) is 0 Å². The van der Waals surface area contributed by atoms with Crippen LogP contribution in [0.5, 0.6) is 0 Å². The second-order valence-corrected chi connectivity index (χ2v) is 6.16. The van der Waals surface area contributed by atoms with Gasteiger partial charge in [0.05, 0.1) is 24.4 Å². The summed E-state index contributed by atoms with van der Waals surface area (Å²) >= 11 is 11.2. The minimum Gasteiger partial charge on any atom is -0.376 e. The molecule has 0 spiro atoms. The fraction of sp³-hybridized carbons (Fsp3) is 0.308. The van der Waals surface area contributed by atoms with Crippen LogP contribution in [0.3, 0.4) is 0 Å². The molecule has 1 aromatic carbocycles. The predicted octanol–water partition coefficient (Wildman–Crippen LogP) is 4.63. The first-order chi connectivity index (χ1) is 8.66. The summed E-state index contributed by atoms with van der Waals surface area (Å²) in [5.74, 6) is 0. The van der Waals surface area contributed by atoms with Crippen molar-refractivity contribution in [3.05, 3.63) is 49.3 Å². The molecule has 96 valence electrons. The Labute approximate surface area is 124 Å². The second kappa shape index (κ2) is 6.66. The first-order valence-corrected chi connectivity index (χ1v) is 7.62. The van der Waals surface area contributed by atoms with E-state index in [1.807, 2.05) is 30.6 Å². The average molecular weight is 347 g/mol. The van der Waals surface area contributed by atoms with Crippen molar-refractivity contribution in [3.63, 3.8) is 0 Å². The van der Waals surface area contributed by atoms with Gasteiger partial charge in [-0.25, -0.2) is 4.98 Å². The van der Waals surface area contributed by atoms with Gasteiger partial charge >= 0.3 is 0 Å². The van der Waals surface area contributed by atoms with E-state index in [1.165, 1.54) is 4.88 Å². The van der Waals surface area contributed by atoms with E-state index in [4.69, 9.17) is 16.3 Å². The summed E-state index contributed by atoms with van der Waals surface area (Å²) in [7, 11) is 0. The summed E-state index contributed by atoms with van der Waals surface area (Å²) in [6.07, 6.45) is 0.907. The number of nitrogens with zero attached hydrogens (tertiary/aromatic N) is 1. The Balaban J connectivity index is 1.80. The molecule has 2 aromatic rings. The van der Waals surface area contributed by atoms with Crippen LogP contribution in [0.25, 0.3) is 0 Å². The highest BCUT2D eigenvalue weighted by atomic mass is 79.9. The smallest absolute Gasteiger partial charge is 0.0797 e. The molecule has 0 N–H and O–H groups in total. The zero-order chi connectivity index (χ0) is 13.0. The number of benzene rings is 1. The van der Waals surface area contributed by atoms with Crippen molar-refractivity contribution in [1.29, 1.82) is 0 Å². The first-order valence-electron chi connectivity index (χ1n) is 5.57. The normalized spacial score (nSPS) is 10.8. The summed E-state index contributed by atoms with van der Waals surface area (Å²) in [4.78, 5) is 5.50. The molecule has 2 nitrogen and oxygen atoms in total. The minimum atomic E-state index is 0.546. The van der Waals surface area contributed by atoms with Crippen LogP contribution in [-0.4, -0.2) is 11.6 Å². The summed E-state index contributed by atoms with van der Waals surface area (Å²) in [6.45, 7) is 3.26. The highest BCUT2D eigenvalue weighted by Crippen LogP contribution is 2.22. The molecular weight excluding hydrogens is 334 g/mol. The lowest BCUT2D eigenvalue weighted by molar-refractivity contribution is 0.124. The van der Waals surface area contributed by atoms with Crippen LogP contribution in [0.2, 0.25) is 5.02 Å². The van der Waals surface area contributed by atoms with Gasteiger partial charge in [0.25, 0.3) is 0 Å². The van der Waals surface area contributed by atoms with E-state index in [0.29, 0.717) is 13.2 Å². The van der Waals surface area contributed by atoms with E-state index in [9.17, 15) is 0 Å². The molecule has 0 aliphatic heterocycles. The van der Waals surface area contributed by atoms with Crippen LogP contribution in [0.1, 0.15) is 16.1 Å². The molecule has 18 heavy (non-hydrogen) atoms. The van der Waals surface area contributed by atoms with E-state index in [2.05, 4.69) is 20.9 Å². The second-order valence-electron chi connectivity index (χ2n) is 3.90. The Kier molecular flexibility index (Phi) is 5.18. The molecule has 1 heterocycles. The zero-order valence-electron chi connectivity index (χ0n) is 9.95. The Bertz CT molecular complexity index is 529. The van der Waals surface area contributed by atoms with Gasteiger partial charge in [0.15, 0.2) is 0 Å². The molecule has 1 aromatic heterocycles. The van der Waals surface area contributed by atoms with Crippen molar-refractivity contribution < 1.29 is 4.74 Å². The van der Waals surface area contributed by atoms with E-state index in [-0.39, 0.29) is 0 Å². The Morgan fingerprint density at radius 2 is 2.28 bits per heavy atom. The highest BCUT2D eigenvalue weighted by Gasteiger charge is 2.03. The molecule has 2 rings (SSSR count). The third-order valence-corrected chi connectivity index (χ3v) is 4.43. The molecule has 5 heteroatoms. The van der Waals surface area contributed by atoms with Gasteiger partial charge in [0.2, 0.25) is 0 Å². The van der Waals surface area contributed by atoms with Crippen molar-refractivity contribution in [2.45, 2.75) is 20.0 Å². The fourth-order valence-corrected chi connectivity index (χ4v) is 3.04. The quantitative estimate of drug-likeness (QED) is 0.737. The molecule has 0 saturated carbocycles. The van der Waals surface area contributed by atoms with Crippen molar-refractivity contribution in [3.8, 4) is 0 Å². The molecule has 0 unspecified atom stereocenters. The van der Waals surface area contributed by atoms with Crippen LogP contribution in [-0.2, 0) is 17.8 Å². The fourth-order valence-electron chi connectivity index (χ4n) is 1.55. The van der Waals surface area contributed by atoms with E-state index < -0.39 is 0 Å². The molecule has 0 saturated heterocycles. The Morgan fingerprint density at radius 3 is 2.94 bits per heavy atom. The standard InChI is InChI=1S/C13H13BrClNOS/c1-9-13(18-8-16-9)4-5-17-7-10-2-3-11(14)6-12(10)15/h2-3,6,8H,4-5,7H2,1H3. The molecular formula is C13H13BrClNOS. The lowest BCUT2D eigenvalue weighted by atomic mass is 10.2. The van der Waals surface area contributed by atoms with Crippen LogP contribution in [0, 0.1) is 6.92 Å². The number of hydrogen-bond donors (Lipinski definition) is 0. The maximum Gasteiger partial charge on any atom is 0.0797 e. The van der Waals surface area contributed by atoms with Crippen LogP contribution in [0.4, 0.5) is 0 Å². The largest absolute Gasteiger partial charge is 0.376 e. The van der Waals surface area contributed by atoms with Gasteiger partial charge in [-0.15, -0.1) is 11.3 Å². The molecule has 0 aliphatic rings. The van der Waals surface area contributed by atoms with Crippen LogP contribution >= 0.6 is 38.9 Å². The SMILES string of the molecule is Cc1ncsc1CCOCc1ccc(Br)cc1Cl. The number of aryl methyl sites for hydroxylation is 1. The number of halogens is 2. The number of ether oxygens (including phenoxy) is 1. The van der Waals surface area contributed by atoms with Crippen LogP contribution in [0.15, 0.2) is 28.2 Å². The zero-order valence-corrected chi connectivity index (χ0v) is 13.1. The number of rotatable bonds is 5. The summed E-state index contributed by atoms with van der Waals surface area (Å²) in [5, 5.41) is 0.735. The summed E-state index contributed by atoms with van der Waals surface area (Å²) in [6, 6.07) is 5.83. The lowest BCUT2D eigenvalue weighted by Crippen LogP contribution is -1.99. The summed E-state index contributed by atoms with van der Waals surface area (Å²) < 4.78 is 6.63. The van der Waals surface area contributed by atoms with Crippen molar-refractivity contribution in [1.82, 2.24) is 4.98 Å². The third kappa shape index (κ3) is 3.79. The first kappa shape index (κ1) is 14.0. The van der Waals surface area contributed by atoms with Gasteiger partial charge < -0.3 is 4.74 Å². The van der Waals surface area contributed by atoms with Gasteiger partial charge in [0, 0.05) is 20.8 Å². The van der Waals surface area contributed by atoms with Gasteiger partial charge in [-0.1, -0.05) is 33.6 Å². The van der Waals surface area contributed by atoms with E-state index in [0.717, 1.165) is 27.2 Å². The number of hydrogen-bond acceptors (Lipinski definition) is 3. The molecule has 0 fully saturated rings. The van der Waals surface area contributed by atoms with E-state index in [1.54, 1.807) is 11.3 Å². The molecule has 0 radical (unpaired) electrons. The van der Waals surface area contributed by atoms with Crippen molar-refractivity contribution >= 4 is 38.9 Å². The maximum absolute atomic E-state index is 6.12. The minimum absolute atomic E-state index is 0.546. The molecule has 0 amide bonds. The van der Waals surface area contributed by atoms with Crippen molar-refractivity contribution in [2.75, 3.05) is 6.61 Å². The number of thiazole rings is 1. The van der Waals surface area contributed by atoms with Gasteiger partial charge in [0.1, 0.15) is 0 Å². The Morgan fingerprint density at radius 1 is 1.44 bits per heavy atom. The predicted molar refractivity (Wildman–Crippen MR) is 79.4 cm³/mol. The molecule has 0 aliphatic carbocycles. The van der Waals surface area contributed by atoms with E-state index >= 15 is 0 Å². The molecule has 0 atom stereocenters. The van der Waals surface area contributed by atoms with Crippen molar-refractivity contribution in [2.24, 2.45) is 0 Å². The summed E-state index contributed by atoms with van der Waals surface area (Å²) in [5.41, 5.74) is 3.99. The highest BCUT2D eigenvalue weighted by molar-refractivity contribution is 9.10. The maximum atomic E-state index is 6.12. The third-order valence-electron chi connectivity index (χ3n) is 2.59. The van der Waals surface area contributed by atoms with Crippen LogP contribution < -0.4 is 0 Å². The average Bonchev–Trinajstić information content (AvgIpc) is 2.73. The monoisotopic (exact) mass is 345 g/mol. The van der Waals surface area contributed by atoms with Gasteiger partial charge in [-0.2, -0.15) is 0 Å². The topological polar surface area (TPSA) is 22.1 Å². The molecule has 0 bridgehead atoms. The Hall–Kier alpha value is -0.420. The number of aromatic nitrogens is 1.